The first-order valence-corrected chi connectivity index (χ1v) is 7.97. The molecule has 0 spiro atoms. The summed E-state index contributed by atoms with van der Waals surface area (Å²) in [5.41, 5.74) is 5.42. The molecule has 1 aliphatic heterocycles. The molecule has 4 rings (SSSR count). The number of carbonyl (C=O) groups is 1. The summed E-state index contributed by atoms with van der Waals surface area (Å²) in [4.78, 5) is 12.2. The minimum absolute atomic E-state index is 0.263. The molecule has 0 N–H and O–H groups in total. The largest absolute Gasteiger partial charge is 0.466 e. The molecule has 1 saturated heterocycles. The van der Waals surface area contributed by atoms with Gasteiger partial charge in [0.15, 0.2) is 5.79 Å². The van der Waals surface area contributed by atoms with Crippen LogP contribution in [0.1, 0.15) is 31.4 Å². The lowest BCUT2D eigenvalue weighted by atomic mass is 9.77. The van der Waals surface area contributed by atoms with E-state index in [1.54, 1.807) is 0 Å². The third-order valence-corrected chi connectivity index (χ3v) is 4.76. The standard InChI is InChI=1S/C19H20O4/c1-19(2)22-16-14(18(20)21-3)10-12-9-8-11-6-4-5-7-13(11)15(12)17(16)23-19/h4-7,10,16-17H,8-9H2,1-3H3/t16-,17+/m0/s1. The second-order valence-electron chi connectivity index (χ2n) is 6.66. The van der Waals surface area contributed by atoms with Crippen LogP contribution in [0.15, 0.2) is 41.5 Å². The van der Waals surface area contributed by atoms with Crippen LogP contribution < -0.4 is 0 Å². The zero-order chi connectivity index (χ0) is 16.2. The van der Waals surface area contributed by atoms with E-state index >= 15 is 0 Å². The Morgan fingerprint density at radius 1 is 1.17 bits per heavy atom. The van der Waals surface area contributed by atoms with Crippen LogP contribution >= 0.6 is 0 Å². The van der Waals surface area contributed by atoms with Crippen molar-refractivity contribution in [1.29, 1.82) is 0 Å². The van der Waals surface area contributed by atoms with Gasteiger partial charge in [0.05, 0.1) is 12.7 Å². The molecule has 120 valence electrons. The number of ether oxygens (including phenoxy) is 3. The summed E-state index contributed by atoms with van der Waals surface area (Å²) < 4.78 is 17.2. The topological polar surface area (TPSA) is 44.8 Å². The van der Waals surface area contributed by atoms with E-state index in [1.807, 2.05) is 26.0 Å². The number of hydrogen-bond donors (Lipinski definition) is 0. The van der Waals surface area contributed by atoms with E-state index in [0.717, 1.165) is 24.0 Å². The lowest BCUT2D eigenvalue weighted by Crippen LogP contribution is -2.34. The molecule has 23 heavy (non-hydrogen) atoms. The molecule has 1 aromatic carbocycles. The van der Waals surface area contributed by atoms with Crippen molar-refractivity contribution in [3.63, 3.8) is 0 Å². The van der Waals surface area contributed by atoms with Crippen LogP contribution in [0.2, 0.25) is 0 Å². The predicted molar refractivity (Wildman–Crippen MR) is 85.6 cm³/mol. The average molecular weight is 312 g/mol. The molecule has 0 bridgehead atoms. The molecule has 1 heterocycles. The third kappa shape index (κ3) is 2.25. The van der Waals surface area contributed by atoms with E-state index in [0.29, 0.717) is 5.57 Å². The SMILES string of the molecule is COC(=O)C1=CC2=C(c3ccccc3CC2)[C@H]2OC(C)(C)O[C@@H]12. The summed E-state index contributed by atoms with van der Waals surface area (Å²) in [6, 6.07) is 8.40. The van der Waals surface area contributed by atoms with Crippen molar-refractivity contribution in [2.24, 2.45) is 0 Å². The fourth-order valence-electron chi connectivity index (χ4n) is 3.83. The molecule has 0 amide bonds. The van der Waals surface area contributed by atoms with Gasteiger partial charge in [-0.3, -0.25) is 0 Å². The van der Waals surface area contributed by atoms with Crippen LogP contribution in [0.25, 0.3) is 5.57 Å². The van der Waals surface area contributed by atoms with E-state index in [-0.39, 0.29) is 12.1 Å². The van der Waals surface area contributed by atoms with Gasteiger partial charge >= 0.3 is 5.97 Å². The smallest absolute Gasteiger partial charge is 0.336 e. The number of allylic oxidation sites excluding steroid dienone is 2. The van der Waals surface area contributed by atoms with E-state index < -0.39 is 11.9 Å². The molecule has 4 heteroatoms. The molecule has 0 unspecified atom stereocenters. The van der Waals surface area contributed by atoms with Crippen molar-refractivity contribution in [1.82, 2.24) is 0 Å². The van der Waals surface area contributed by atoms with Gasteiger partial charge in [-0.2, -0.15) is 0 Å². The van der Waals surface area contributed by atoms with Crippen LogP contribution in [0.3, 0.4) is 0 Å². The molecule has 1 fully saturated rings. The Labute approximate surface area is 135 Å². The molecular formula is C19H20O4. The van der Waals surface area contributed by atoms with E-state index in [1.165, 1.54) is 18.2 Å². The summed E-state index contributed by atoms with van der Waals surface area (Å²) >= 11 is 0. The minimum atomic E-state index is -0.725. The maximum absolute atomic E-state index is 12.2. The quantitative estimate of drug-likeness (QED) is 0.748. The zero-order valence-corrected chi connectivity index (χ0v) is 13.6. The van der Waals surface area contributed by atoms with Crippen LogP contribution in [-0.4, -0.2) is 31.1 Å². The minimum Gasteiger partial charge on any atom is -0.466 e. The van der Waals surface area contributed by atoms with E-state index in [4.69, 9.17) is 14.2 Å². The maximum Gasteiger partial charge on any atom is 0.336 e. The molecule has 0 aromatic heterocycles. The first kappa shape index (κ1) is 14.7. The second-order valence-corrected chi connectivity index (χ2v) is 6.66. The summed E-state index contributed by atoms with van der Waals surface area (Å²) in [7, 11) is 1.40. The van der Waals surface area contributed by atoms with Gasteiger partial charge in [0.1, 0.15) is 12.2 Å². The summed E-state index contributed by atoms with van der Waals surface area (Å²) in [5, 5.41) is 0. The first-order valence-electron chi connectivity index (χ1n) is 7.97. The molecule has 0 radical (unpaired) electrons. The average Bonchev–Trinajstić information content (AvgIpc) is 2.87. The number of aryl methyl sites for hydroxylation is 1. The predicted octanol–water partition coefficient (Wildman–Crippen LogP) is 3.02. The monoisotopic (exact) mass is 312 g/mol. The van der Waals surface area contributed by atoms with Gasteiger partial charge in [-0.1, -0.05) is 24.3 Å². The van der Waals surface area contributed by atoms with Gasteiger partial charge in [-0.15, -0.1) is 0 Å². The van der Waals surface area contributed by atoms with Crippen LogP contribution in [0, 0.1) is 0 Å². The number of rotatable bonds is 1. The number of fused-ring (bicyclic) bond motifs is 4. The summed E-state index contributed by atoms with van der Waals surface area (Å²) in [6.45, 7) is 3.77. The van der Waals surface area contributed by atoms with Crippen LogP contribution in [-0.2, 0) is 25.4 Å². The molecule has 2 atom stereocenters. The van der Waals surface area contributed by atoms with Crippen LogP contribution in [0.4, 0.5) is 0 Å². The lowest BCUT2D eigenvalue weighted by molar-refractivity contribution is -0.145. The van der Waals surface area contributed by atoms with Crippen molar-refractivity contribution in [2.75, 3.05) is 7.11 Å². The van der Waals surface area contributed by atoms with Gasteiger partial charge in [-0.05, 0) is 55.0 Å². The van der Waals surface area contributed by atoms with Crippen molar-refractivity contribution >= 4 is 11.5 Å². The second kappa shape index (κ2) is 5.05. The van der Waals surface area contributed by atoms with E-state index in [2.05, 4.69) is 18.2 Å². The van der Waals surface area contributed by atoms with Gasteiger partial charge in [0.25, 0.3) is 0 Å². The Hall–Kier alpha value is -1.91. The first-order chi connectivity index (χ1) is 11.0. The lowest BCUT2D eigenvalue weighted by Gasteiger charge is -2.32. The highest BCUT2D eigenvalue weighted by molar-refractivity contribution is 5.94. The highest BCUT2D eigenvalue weighted by atomic mass is 16.8. The molecule has 2 aliphatic carbocycles. The number of methoxy groups -OCH3 is 1. The van der Waals surface area contributed by atoms with Crippen molar-refractivity contribution in [2.45, 2.75) is 44.7 Å². The highest BCUT2D eigenvalue weighted by Gasteiger charge is 2.50. The molecule has 0 saturated carbocycles. The Bertz CT molecular complexity index is 741. The molecule has 3 aliphatic rings. The van der Waals surface area contributed by atoms with Gasteiger partial charge in [0, 0.05) is 0 Å². The zero-order valence-electron chi connectivity index (χ0n) is 13.6. The summed E-state index contributed by atoms with van der Waals surface area (Å²) in [6.07, 6.45) is 3.15. The van der Waals surface area contributed by atoms with Gasteiger partial charge in [0.2, 0.25) is 0 Å². The Morgan fingerprint density at radius 2 is 1.91 bits per heavy atom. The highest BCUT2D eigenvalue weighted by Crippen LogP contribution is 2.47. The molecule has 4 nitrogen and oxygen atoms in total. The van der Waals surface area contributed by atoms with Crippen molar-refractivity contribution < 1.29 is 19.0 Å². The fourth-order valence-corrected chi connectivity index (χ4v) is 3.83. The Kier molecular flexibility index (Phi) is 3.22. The van der Waals surface area contributed by atoms with Crippen molar-refractivity contribution in [3.8, 4) is 0 Å². The van der Waals surface area contributed by atoms with Crippen molar-refractivity contribution in [3.05, 3.63) is 52.6 Å². The molecular weight excluding hydrogens is 292 g/mol. The maximum atomic E-state index is 12.2. The fraction of sp³-hybridized carbons (Fsp3) is 0.421. The van der Waals surface area contributed by atoms with Gasteiger partial charge < -0.3 is 14.2 Å². The Morgan fingerprint density at radius 3 is 2.70 bits per heavy atom. The van der Waals surface area contributed by atoms with Gasteiger partial charge in [-0.25, -0.2) is 4.79 Å². The summed E-state index contributed by atoms with van der Waals surface area (Å²) in [5.74, 6) is -1.07. The molecule has 1 aromatic rings. The van der Waals surface area contributed by atoms with Crippen LogP contribution in [0.5, 0.6) is 0 Å². The van der Waals surface area contributed by atoms with E-state index in [9.17, 15) is 4.79 Å². The number of esters is 1. The third-order valence-electron chi connectivity index (χ3n) is 4.76. The Balaban J connectivity index is 1.89. The number of hydrogen-bond acceptors (Lipinski definition) is 4. The normalized spacial score (nSPS) is 27.7. The number of benzene rings is 1. The number of carbonyl (C=O) groups excluding carboxylic acids is 1.